The van der Waals surface area contributed by atoms with Crippen LogP contribution in [0.1, 0.15) is 24.2 Å². The van der Waals surface area contributed by atoms with Crippen LogP contribution in [0.3, 0.4) is 0 Å². The molecule has 0 spiro atoms. The zero-order valence-electron chi connectivity index (χ0n) is 17.8. The van der Waals surface area contributed by atoms with Gasteiger partial charge in [0.1, 0.15) is 12.4 Å². The first-order valence-corrected chi connectivity index (χ1v) is 10.9. The first kappa shape index (κ1) is 23.0. The van der Waals surface area contributed by atoms with Gasteiger partial charge in [-0.3, -0.25) is 4.79 Å². The molecule has 2 heterocycles. The Morgan fingerprint density at radius 3 is 2.81 bits per heavy atom. The van der Waals surface area contributed by atoms with Crippen molar-refractivity contribution < 1.29 is 18.7 Å². The second-order valence-corrected chi connectivity index (χ2v) is 8.05. The number of rotatable bonds is 8. The maximum absolute atomic E-state index is 12.7. The number of dihydropyridines is 1. The summed E-state index contributed by atoms with van der Waals surface area (Å²) in [5.74, 6) is -0.994. The predicted molar refractivity (Wildman–Crippen MR) is 123 cm³/mol. The minimum atomic E-state index is -0.740. The highest BCUT2D eigenvalue weighted by atomic mass is 32.2. The molecule has 164 valence electrons. The summed E-state index contributed by atoms with van der Waals surface area (Å²) >= 11 is 1.19. The number of ether oxygens (including phenoxy) is 1. The molecule has 1 aliphatic heterocycles. The number of carbonyl (C=O) groups excluding carboxylic acids is 2. The van der Waals surface area contributed by atoms with E-state index in [2.05, 4.69) is 23.3 Å². The number of allylic oxidation sites excluding steroid dienone is 2. The maximum Gasteiger partial charge on any atom is 0.337 e. The summed E-state index contributed by atoms with van der Waals surface area (Å²) in [5.41, 5.74) is 2.84. The van der Waals surface area contributed by atoms with E-state index >= 15 is 0 Å². The Kier molecular flexibility index (Phi) is 7.58. The Labute approximate surface area is 190 Å². The van der Waals surface area contributed by atoms with Gasteiger partial charge in [0.05, 0.1) is 40.2 Å². The van der Waals surface area contributed by atoms with Gasteiger partial charge in [-0.2, -0.15) is 5.26 Å². The number of aryl methyl sites for hydroxylation is 1. The number of thioether (sulfide) groups is 1. The van der Waals surface area contributed by atoms with Gasteiger partial charge in [0.15, 0.2) is 0 Å². The van der Waals surface area contributed by atoms with Crippen LogP contribution in [0.25, 0.3) is 0 Å². The van der Waals surface area contributed by atoms with Gasteiger partial charge in [-0.05, 0) is 43.7 Å². The third kappa shape index (κ3) is 5.31. The van der Waals surface area contributed by atoms with Crippen LogP contribution >= 0.6 is 11.8 Å². The minimum absolute atomic E-state index is 0.0484. The molecule has 0 saturated carbocycles. The first-order valence-electron chi connectivity index (χ1n) is 9.87. The largest absolute Gasteiger partial charge is 0.468 e. The summed E-state index contributed by atoms with van der Waals surface area (Å²) in [6, 6.07) is 13.1. The number of furan rings is 1. The van der Waals surface area contributed by atoms with Crippen LogP contribution in [-0.2, 0) is 14.3 Å². The molecule has 0 aliphatic carbocycles. The zero-order chi connectivity index (χ0) is 23.1. The van der Waals surface area contributed by atoms with Crippen LogP contribution in [0.4, 0.5) is 5.69 Å². The van der Waals surface area contributed by atoms with E-state index in [0.717, 1.165) is 5.56 Å². The molecule has 2 N–H and O–H groups in total. The quantitative estimate of drug-likeness (QED) is 0.455. The van der Waals surface area contributed by atoms with Crippen molar-refractivity contribution in [1.29, 1.82) is 5.26 Å². The molecule has 1 aliphatic rings. The molecule has 1 aromatic heterocycles. The van der Waals surface area contributed by atoms with Gasteiger partial charge in [0, 0.05) is 11.4 Å². The fraction of sp³-hybridized carbons (Fsp3) is 0.208. The minimum Gasteiger partial charge on any atom is -0.468 e. The molecule has 3 rings (SSSR count). The Bertz CT molecular complexity index is 1130. The smallest absolute Gasteiger partial charge is 0.337 e. The number of nitriles is 1. The highest BCUT2D eigenvalue weighted by Gasteiger charge is 2.37. The topological polar surface area (TPSA) is 104 Å². The molecule has 0 saturated heterocycles. The molecule has 0 bridgehead atoms. The third-order valence-electron chi connectivity index (χ3n) is 4.68. The lowest BCUT2D eigenvalue weighted by Gasteiger charge is -2.27. The zero-order valence-corrected chi connectivity index (χ0v) is 18.6. The van der Waals surface area contributed by atoms with Crippen molar-refractivity contribution in [3.8, 4) is 6.07 Å². The van der Waals surface area contributed by atoms with Crippen molar-refractivity contribution in [2.45, 2.75) is 19.8 Å². The van der Waals surface area contributed by atoms with Crippen LogP contribution in [0.5, 0.6) is 0 Å². The normalized spacial score (nSPS) is 15.6. The van der Waals surface area contributed by atoms with Crippen molar-refractivity contribution in [3.05, 3.63) is 88.5 Å². The number of anilines is 1. The van der Waals surface area contributed by atoms with E-state index in [1.54, 1.807) is 19.1 Å². The van der Waals surface area contributed by atoms with E-state index in [-0.39, 0.29) is 29.4 Å². The number of nitrogens with zero attached hydrogens (tertiary/aromatic N) is 1. The second kappa shape index (κ2) is 10.6. The van der Waals surface area contributed by atoms with Crippen molar-refractivity contribution in [2.24, 2.45) is 0 Å². The molecular weight excluding hydrogens is 426 g/mol. The number of carbonyl (C=O) groups is 2. The van der Waals surface area contributed by atoms with Crippen LogP contribution < -0.4 is 10.6 Å². The molecule has 1 unspecified atom stereocenters. The summed E-state index contributed by atoms with van der Waals surface area (Å²) in [5, 5.41) is 16.4. The summed E-state index contributed by atoms with van der Waals surface area (Å²) in [6.45, 7) is 7.27. The van der Waals surface area contributed by atoms with Gasteiger partial charge in [0.2, 0.25) is 5.91 Å². The number of hydrogen-bond acceptors (Lipinski definition) is 7. The van der Waals surface area contributed by atoms with Crippen LogP contribution in [0.15, 0.2) is 81.6 Å². The average Bonchev–Trinajstić information content (AvgIpc) is 3.30. The highest BCUT2D eigenvalue weighted by molar-refractivity contribution is 8.03. The Morgan fingerprint density at radius 2 is 2.16 bits per heavy atom. The fourth-order valence-electron chi connectivity index (χ4n) is 3.31. The van der Waals surface area contributed by atoms with E-state index < -0.39 is 11.9 Å². The monoisotopic (exact) mass is 449 g/mol. The maximum atomic E-state index is 12.7. The first-order chi connectivity index (χ1) is 15.4. The average molecular weight is 450 g/mol. The van der Waals surface area contributed by atoms with E-state index in [0.29, 0.717) is 22.2 Å². The lowest BCUT2D eigenvalue weighted by atomic mass is 9.86. The van der Waals surface area contributed by atoms with E-state index in [4.69, 9.17) is 9.15 Å². The number of nitrogens with one attached hydrogen (secondary N) is 2. The molecule has 1 atom stereocenters. The van der Waals surface area contributed by atoms with E-state index in [1.165, 1.54) is 24.1 Å². The van der Waals surface area contributed by atoms with Gasteiger partial charge in [-0.25, -0.2) is 4.79 Å². The Hall–Kier alpha value is -3.70. The summed E-state index contributed by atoms with van der Waals surface area (Å²) < 4.78 is 10.8. The van der Waals surface area contributed by atoms with Crippen LogP contribution in [0.2, 0.25) is 0 Å². The SMILES string of the molecule is C=CCOC(=O)C1=C(C)NC(SCC(=O)Nc2cccc(C)c2)=C(C#N)C1c1ccco1. The molecule has 32 heavy (non-hydrogen) atoms. The van der Waals surface area contributed by atoms with Gasteiger partial charge < -0.3 is 19.8 Å². The molecule has 0 fully saturated rings. The number of benzene rings is 1. The van der Waals surface area contributed by atoms with E-state index in [9.17, 15) is 14.9 Å². The molecule has 7 nitrogen and oxygen atoms in total. The summed E-state index contributed by atoms with van der Waals surface area (Å²) in [7, 11) is 0. The molecule has 8 heteroatoms. The number of hydrogen-bond donors (Lipinski definition) is 2. The fourth-order valence-corrected chi connectivity index (χ4v) is 4.20. The lowest BCUT2D eigenvalue weighted by Crippen LogP contribution is -2.29. The van der Waals surface area contributed by atoms with Gasteiger partial charge in [-0.1, -0.05) is 36.5 Å². The van der Waals surface area contributed by atoms with Crippen molar-refractivity contribution in [3.63, 3.8) is 0 Å². The molecule has 0 radical (unpaired) electrons. The van der Waals surface area contributed by atoms with Crippen LogP contribution in [0, 0.1) is 18.3 Å². The lowest BCUT2D eigenvalue weighted by molar-refractivity contribution is -0.138. The second-order valence-electron chi connectivity index (χ2n) is 7.06. The van der Waals surface area contributed by atoms with Gasteiger partial charge >= 0.3 is 5.97 Å². The highest BCUT2D eigenvalue weighted by Crippen LogP contribution is 2.41. The molecule has 2 aromatic rings. The Balaban J connectivity index is 1.84. The predicted octanol–water partition coefficient (Wildman–Crippen LogP) is 4.39. The van der Waals surface area contributed by atoms with Gasteiger partial charge in [-0.15, -0.1) is 0 Å². The number of amides is 1. The standard InChI is InChI=1S/C24H23N3O4S/c1-4-10-31-24(29)21-16(3)26-23(18(13-25)22(21)19-9-6-11-30-19)32-14-20(28)27-17-8-5-7-15(2)12-17/h4-9,11-12,22,26H,1,10,14H2,2-3H3,(H,27,28). The van der Waals surface area contributed by atoms with Crippen molar-refractivity contribution >= 4 is 29.3 Å². The summed E-state index contributed by atoms with van der Waals surface area (Å²) in [4.78, 5) is 25.2. The number of esters is 1. The van der Waals surface area contributed by atoms with Crippen LogP contribution in [-0.4, -0.2) is 24.2 Å². The van der Waals surface area contributed by atoms with Crippen molar-refractivity contribution in [2.75, 3.05) is 17.7 Å². The van der Waals surface area contributed by atoms with Gasteiger partial charge in [0.25, 0.3) is 0 Å². The molecular formula is C24H23N3O4S. The molecule has 1 amide bonds. The molecule has 1 aromatic carbocycles. The summed E-state index contributed by atoms with van der Waals surface area (Å²) in [6.07, 6.45) is 2.96. The third-order valence-corrected chi connectivity index (χ3v) is 5.69. The van der Waals surface area contributed by atoms with Crippen molar-refractivity contribution in [1.82, 2.24) is 5.32 Å². The Morgan fingerprint density at radius 1 is 1.34 bits per heavy atom. The van der Waals surface area contributed by atoms with E-state index in [1.807, 2.05) is 31.2 Å².